The number of hydrogen-bond donors (Lipinski definition) is 4. The number of benzene rings is 2. The minimum Gasteiger partial charge on any atom is -0.871 e. The van der Waals surface area contributed by atoms with E-state index in [1.165, 1.54) is 6.92 Å². The molecule has 1 unspecified atom stereocenters. The zero-order valence-corrected chi connectivity index (χ0v) is 16.1. The highest BCUT2D eigenvalue weighted by Gasteiger charge is 2.25. The van der Waals surface area contributed by atoms with Gasteiger partial charge in [0.25, 0.3) is 5.91 Å². The van der Waals surface area contributed by atoms with E-state index < -0.39 is 46.9 Å². The second-order valence-electron chi connectivity index (χ2n) is 6.50. The lowest BCUT2D eigenvalue weighted by Crippen LogP contribution is -2.42. The highest BCUT2D eigenvalue weighted by molar-refractivity contribution is 6.32. The van der Waals surface area contributed by atoms with Gasteiger partial charge in [-0.15, -0.1) is 0 Å². The molecule has 154 valence electrons. The number of nitrogens with one attached hydrogen (secondary N) is 1. The molecule has 0 radical (unpaired) electrons. The van der Waals surface area contributed by atoms with Gasteiger partial charge in [0.15, 0.2) is 0 Å². The molecule has 2 aromatic rings. The van der Waals surface area contributed by atoms with Crippen LogP contribution in [0.1, 0.15) is 38.8 Å². The fourth-order valence-corrected chi connectivity index (χ4v) is 3.13. The Morgan fingerprint density at radius 3 is 2.28 bits per heavy atom. The summed E-state index contributed by atoms with van der Waals surface area (Å²) in [7, 11) is 0. The first kappa shape index (κ1) is 22.2. The smallest absolute Gasteiger partial charge is 0.335 e. The summed E-state index contributed by atoms with van der Waals surface area (Å²) in [6.07, 6.45) is -1.19. The van der Waals surface area contributed by atoms with Crippen molar-refractivity contribution in [3.05, 3.63) is 63.7 Å². The van der Waals surface area contributed by atoms with Crippen molar-refractivity contribution in [2.75, 3.05) is 0 Å². The average Bonchev–Trinajstić information content (AvgIpc) is 2.63. The summed E-state index contributed by atoms with van der Waals surface area (Å²) >= 11 is 6.06. The molecule has 4 N–H and O–H groups in total. The number of carboxylic acid groups (broad SMARTS) is 2. The van der Waals surface area contributed by atoms with Gasteiger partial charge in [0.05, 0.1) is 11.7 Å². The molecule has 8 nitrogen and oxygen atoms in total. The van der Waals surface area contributed by atoms with Crippen molar-refractivity contribution in [3.8, 4) is 5.75 Å². The molecule has 2 aromatic carbocycles. The summed E-state index contributed by atoms with van der Waals surface area (Å²) in [6.45, 7) is 1.40. The molecule has 9 heteroatoms. The third-order valence-electron chi connectivity index (χ3n) is 4.18. The van der Waals surface area contributed by atoms with Crippen molar-refractivity contribution < 1.29 is 34.8 Å². The van der Waals surface area contributed by atoms with Crippen molar-refractivity contribution in [1.82, 2.24) is 5.32 Å². The SMILES string of the molecule is CC(O)Cc1c(Cl)cc(C(=O)N[C@@H](Cc2ccccc2)C(=O)O)c([O-])c1C(=O)O. The first-order valence-corrected chi connectivity index (χ1v) is 9.01. The van der Waals surface area contributed by atoms with E-state index in [-0.39, 0.29) is 23.4 Å². The Kier molecular flexibility index (Phi) is 7.19. The highest BCUT2D eigenvalue weighted by atomic mass is 35.5. The molecule has 2 rings (SSSR count). The van der Waals surface area contributed by atoms with Gasteiger partial charge in [-0.1, -0.05) is 47.7 Å². The molecule has 0 aliphatic rings. The normalized spacial score (nSPS) is 12.8. The molecule has 0 saturated heterocycles. The monoisotopic (exact) mass is 420 g/mol. The van der Waals surface area contributed by atoms with Crippen molar-refractivity contribution >= 4 is 29.4 Å². The fourth-order valence-electron chi connectivity index (χ4n) is 2.85. The standard InChI is InChI=1S/C20H20ClNO7/c1-10(23)7-12-14(21)9-13(17(24)16(12)20(28)29)18(25)22-15(19(26)27)8-11-5-3-2-4-6-11/h2-6,9-10,15,23-24H,7-8H2,1H3,(H,22,25)(H,26,27)(H,28,29)/p-1/t10?,15-/m0/s1. The van der Waals surface area contributed by atoms with Crippen LogP contribution in [0.5, 0.6) is 5.75 Å². The molecule has 0 aliphatic carbocycles. The van der Waals surface area contributed by atoms with Crippen LogP contribution in [0.4, 0.5) is 0 Å². The van der Waals surface area contributed by atoms with Crippen molar-refractivity contribution in [3.63, 3.8) is 0 Å². The second kappa shape index (κ2) is 9.40. The van der Waals surface area contributed by atoms with Crippen LogP contribution in [0.25, 0.3) is 0 Å². The van der Waals surface area contributed by atoms with Gasteiger partial charge in [-0.05, 0) is 24.1 Å². The molecule has 0 fully saturated rings. The Labute approximate surface area is 171 Å². The number of carbonyl (C=O) groups is 3. The zero-order chi connectivity index (χ0) is 21.7. The molecule has 29 heavy (non-hydrogen) atoms. The van der Waals surface area contributed by atoms with Gasteiger partial charge in [0.2, 0.25) is 0 Å². The molecular weight excluding hydrogens is 402 g/mol. The van der Waals surface area contributed by atoms with Crippen LogP contribution in [0.15, 0.2) is 36.4 Å². The Bertz CT molecular complexity index is 928. The zero-order valence-electron chi connectivity index (χ0n) is 15.4. The summed E-state index contributed by atoms with van der Waals surface area (Å²) in [6, 6.07) is 8.21. The van der Waals surface area contributed by atoms with Crippen molar-refractivity contribution in [2.45, 2.75) is 31.9 Å². The molecule has 0 aliphatic heterocycles. The molecule has 2 atom stereocenters. The molecule has 0 aromatic heterocycles. The number of aliphatic hydroxyl groups excluding tert-OH is 1. The van der Waals surface area contributed by atoms with Gasteiger partial charge in [0, 0.05) is 23.4 Å². The van der Waals surface area contributed by atoms with Crippen LogP contribution in [-0.2, 0) is 17.6 Å². The third-order valence-corrected chi connectivity index (χ3v) is 4.51. The van der Waals surface area contributed by atoms with Crippen molar-refractivity contribution in [1.29, 1.82) is 0 Å². The Balaban J connectivity index is 2.38. The summed E-state index contributed by atoms with van der Waals surface area (Å²) in [5.74, 6) is -5.06. The van der Waals surface area contributed by atoms with Crippen LogP contribution < -0.4 is 10.4 Å². The van der Waals surface area contributed by atoms with E-state index in [0.29, 0.717) is 5.56 Å². The van der Waals surface area contributed by atoms with E-state index >= 15 is 0 Å². The molecule has 0 spiro atoms. The van der Waals surface area contributed by atoms with Crippen LogP contribution in [0, 0.1) is 0 Å². The van der Waals surface area contributed by atoms with E-state index in [1.807, 2.05) is 0 Å². The van der Waals surface area contributed by atoms with Gasteiger partial charge in [-0.2, -0.15) is 0 Å². The molecule has 1 amide bonds. The van der Waals surface area contributed by atoms with E-state index in [9.17, 15) is 34.8 Å². The number of hydrogen-bond acceptors (Lipinski definition) is 5. The average molecular weight is 421 g/mol. The topological polar surface area (TPSA) is 147 Å². The summed E-state index contributed by atoms with van der Waals surface area (Å²) in [4.78, 5) is 35.6. The van der Waals surface area contributed by atoms with Crippen LogP contribution in [-0.4, -0.2) is 45.3 Å². The van der Waals surface area contributed by atoms with Gasteiger partial charge >= 0.3 is 11.9 Å². The summed E-state index contributed by atoms with van der Waals surface area (Å²) in [5.41, 5.74) is -0.742. The predicted octanol–water partition coefficient (Wildman–Crippen LogP) is 1.46. The number of amides is 1. The third kappa shape index (κ3) is 5.46. The molecule has 0 heterocycles. The first-order chi connectivity index (χ1) is 13.6. The summed E-state index contributed by atoms with van der Waals surface area (Å²) < 4.78 is 0. The van der Waals surface area contributed by atoms with E-state index in [4.69, 9.17) is 11.6 Å². The maximum Gasteiger partial charge on any atom is 0.335 e. The van der Waals surface area contributed by atoms with Crippen LogP contribution in [0.3, 0.4) is 0 Å². The van der Waals surface area contributed by atoms with Gasteiger partial charge < -0.3 is 25.7 Å². The second-order valence-corrected chi connectivity index (χ2v) is 6.91. The number of carboxylic acids is 2. The Morgan fingerprint density at radius 2 is 1.76 bits per heavy atom. The number of aliphatic hydroxyl groups is 1. The number of aliphatic carboxylic acids is 1. The van der Waals surface area contributed by atoms with Gasteiger partial charge in [-0.25, -0.2) is 9.59 Å². The van der Waals surface area contributed by atoms with Gasteiger partial charge in [0.1, 0.15) is 6.04 Å². The highest BCUT2D eigenvalue weighted by Crippen LogP contribution is 2.31. The van der Waals surface area contributed by atoms with Gasteiger partial charge in [-0.3, -0.25) is 4.79 Å². The molecule has 0 saturated carbocycles. The lowest BCUT2D eigenvalue weighted by atomic mass is 9.97. The Hall–Kier alpha value is -3.10. The van der Waals surface area contributed by atoms with Crippen molar-refractivity contribution in [2.24, 2.45) is 0 Å². The molecular formula is C20H19ClNO7-. The Morgan fingerprint density at radius 1 is 1.14 bits per heavy atom. The number of carbonyl (C=O) groups excluding carboxylic acids is 1. The maximum absolute atomic E-state index is 12.6. The number of aromatic carboxylic acids is 1. The fraction of sp³-hybridized carbons (Fsp3) is 0.250. The lowest BCUT2D eigenvalue weighted by Gasteiger charge is -2.23. The predicted molar refractivity (Wildman–Crippen MR) is 102 cm³/mol. The van der Waals surface area contributed by atoms with E-state index in [0.717, 1.165) is 6.07 Å². The quantitative estimate of drug-likeness (QED) is 0.505. The minimum absolute atomic E-state index is 0.0320. The van der Waals surface area contributed by atoms with Crippen LogP contribution in [0.2, 0.25) is 5.02 Å². The maximum atomic E-state index is 12.6. The number of rotatable bonds is 8. The first-order valence-electron chi connectivity index (χ1n) is 8.63. The lowest BCUT2D eigenvalue weighted by molar-refractivity contribution is -0.269. The molecule has 0 bridgehead atoms. The van der Waals surface area contributed by atoms with E-state index in [1.54, 1.807) is 30.3 Å². The largest absolute Gasteiger partial charge is 0.871 e. The van der Waals surface area contributed by atoms with E-state index in [2.05, 4.69) is 5.32 Å². The summed E-state index contributed by atoms with van der Waals surface area (Å²) in [5, 5.41) is 43.0. The number of halogens is 1. The van der Waals surface area contributed by atoms with Crippen LogP contribution >= 0.6 is 11.6 Å². The minimum atomic E-state index is -1.60.